The zero-order chi connectivity index (χ0) is 16.9. The summed E-state index contributed by atoms with van der Waals surface area (Å²) in [6.45, 7) is 10.8. The Morgan fingerprint density at radius 2 is 1.67 bits per heavy atom. The van der Waals surface area contributed by atoms with E-state index in [-0.39, 0.29) is 29.0 Å². The Morgan fingerprint density at radius 1 is 1.14 bits per heavy atom. The van der Waals surface area contributed by atoms with Crippen LogP contribution in [-0.4, -0.2) is 50.2 Å². The molecule has 0 saturated heterocycles. The first-order valence-corrected chi connectivity index (χ1v) is 7.50. The minimum atomic E-state index is -1.10. The smallest absolute Gasteiger partial charge is 0.312 e. The number of nitrogens with zero attached hydrogens (tertiary/aromatic N) is 1. The van der Waals surface area contributed by atoms with Crippen molar-refractivity contribution in [3.05, 3.63) is 0 Å². The number of hydrogen-bond acceptors (Lipinski definition) is 4. The molecule has 0 fully saturated rings. The van der Waals surface area contributed by atoms with Crippen LogP contribution in [0.1, 0.15) is 47.5 Å². The van der Waals surface area contributed by atoms with E-state index in [1.807, 2.05) is 13.8 Å². The Bertz CT molecular complexity index is 371. The van der Waals surface area contributed by atoms with Gasteiger partial charge in [0, 0.05) is 0 Å². The quantitative estimate of drug-likeness (QED) is 0.499. The van der Waals surface area contributed by atoms with Crippen LogP contribution in [-0.2, 0) is 14.3 Å². The number of rotatable bonds is 8. The SMILES string of the molecule is CCC(C)(CC(C)(C)C)C(=O)OCC[N+](C)(C)CC(=O)[O-]. The molecule has 0 heterocycles. The van der Waals surface area contributed by atoms with Gasteiger partial charge in [-0.3, -0.25) is 4.79 Å². The molecule has 0 radical (unpaired) electrons. The van der Waals surface area contributed by atoms with Crippen molar-refractivity contribution in [2.45, 2.75) is 47.5 Å². The zero-order valence-electron chi connectivity index (χ0n) is 14.6. The van der Waals surface area contributed by atoms with Crippen molar-refractivity contribution in [2.24, 2.45) is 10.8 Å². The third-order valence-electron chi connectivity index (χ3n) is 3.68. The Morgan fingerprint density at radius 3 is 2.05 bits per heavy atom. The van der Waals surface area contributed by atoms with Gasteiger partial charge in [-0.15, -0.1) is 0 Å². The minimum absolute atomic E-state index is 0.0497. The lowest BCUT2D eigenvalue weighted by molar-refractivity contribution is -0.884. The van der Waals surface area contributed by atoms with Gasteiger partial charge >= 0.3 is 5.97 Å². The van der Waals surface area contributed by atoms with Crippen molar-refractivity contribution >= 4 is 11.9 Å². The van der Waals surface area contributed by atoms with E-state index in [1.54, 1.807) is 14.1 Å². The molecule has 0 aliphatic heterocycles. The van der Waals surface area contributed by atoms with Crippen molar-refractivity contribution in [2.75, 3.05) is 33.8 Å². The molecule has 0 aliphatic carbocycles. The van der Waals surface area contributed by atoms with E-state index in [2.05, 4.69) is 20.8 Å². The first kappa shape index (κ1) is 19.9. The average Bonchev–Trinajstić information content (AvgIpc) is 2.24. The number of likely N-dealkylation sites (N-methyl/N-ethyl adjacent to an activating group) is 1. The maximum atomic E-state index is 12.3. The lowest BCUT2D eigenvalue weighted by atomic mass is 9.73. The number of quaternary nitrogens is 1. The van der Waals surface area contributed by atoms with Crippen LogP contribution >= 0.6 is 0 Å². The summed E-state index contributed by atoms with van der Waals surface area (Å²) in [6.07, 6.45) is 1.48. The molecule has 1 atom stereocenters. The highest BCUT2D eigenvalue weighted by Crippen LogP contribution is 2.37. The number of esters is 1. The van der Waals surface area contributed by atoms with Gasteiger partial charge in [-0.25, -0.2) is 0 Å². The van der Waals surface area contributed by atoms with Gasteiger partial charge in [0.05, 0.1) is 25.5 Å². The van der Waals surface area contributed by atoms with Gasteiger partial charge < -0.3 is 19.1 Å². The van der Waals surface area contributed by atoms with Gasteiger partial charge in [-0.2, -0.15) is 0 Å². The van der Waals surface area contributed by atoms with E-state index < -0.39 is 11.4 Å². The topological polar surface area (TPSA) is 66.4 Å². The molecule has 0 aromatic carbocycles. The van der Waals surface area contributed by atoms with Crippen molar-refractivity contribution in [1.82, 2.24) is 0 Å². The maximum Gasteiger partial charge on any atom is 0.312 e. The summed E-state index contributed by atoms with van der Waals surface area (Å²) in [7, 11) is 3.55. The number of ether oxygens (including phenoxy) is 1. The van der Waals surface area contributed by atoms with Gasteiger partial charge in [-0.1, -0.05) is 27.7 Å². The molecular formula is C16H31NO4. The summed E-state index contributed by atoms with van der Waals surface area (Å²) in [4.78, 5) is 23.0. The van der Waals surface area contributed by atoms with Crippen LogP contribution in [0.4, 0.5) is 0 Å². The molecule has 5 heteroatoms. The Balaban J connectivity index is 4.50. The summed E-state index contributed by atoms with van der Waals surface area (Å²) >= 11 is 0. The van der Waals surface area contributed by atoms with Crippen LogP contribution in [0.25, 0.3) is 0 Å². The fourth-order valence-corrected chi connectivity index (χ4v) is 2.50. The van der Waals surface area contributed by atoms with E-state index >= 15 is 0 Å². The van der Waals surface area contributed by atoms with Crippen molar-refractivity contribution < 1.29 is 23.9 Å². The van der Waals surface area contributed by atoms with Crippen LogP contribution in [0.15, 0.2) is 0 Å². The molecule has 0 aromatic rings. The standard InChI is InChI=1S/C16H31NO4/c1-8-16(5,12-15(2,3)4)14(20)21-10-9-17(6,7)11-13(18)19/h8-12H2,1-7H3. The number of aliphatic carboxylic acids is 1. The highest BCUT2D eigenvalue weighted by molar-refractivity contribution is 5.76. The fourth-order valence-electron chi connectivity index (χ4n) is 2.50. The van der Waals surface area contributed by atoms with Gasteiger partial charge in [0.1, 0.15) is 19.7 Å². The highest BCUT2D eigenvalue weighted by atomic mass is 16.5. The second-order valence-corrected chi connectivity index (χ2v) is 7.98. The number of carboxylic acid groups (broad SMARTS) is 1. The number of carbonyl (C=O) groups excluding carboxylic acids is 2. The number of carboxylic acids is 1. The van der Waals surface area contributed by atoms with Gasteiger partial charge in [-0.05, 0) is 25.2 Å². The summed E-state index contributed by atoms with van der Waals surface area (Å²) in [5.41, 5.74) is -0.447. The van der Waals surface area contributed by atoms with Crippen LogP contribution < -0.4 is 5.11 Å². The monoisotopic (exact) mass is 301 g/mol. The Hall–Kier alpha value is -1.10. The first-order valence-electron chi connectivity index (χ1n) is 7.50. The largest absolute Gasteiger partial charge is 0.544 e. The summed E-state index contributed by atoms with van der Waals surface area (Å²) in [5.74, 6) is -1.30. The number of carbonyl (C=O) groups is 2. The van der Waals surface area contributed by atoms with E-state index in [1.165, 1.54) is 0 Å². The Kier molecular flexibility index (Phi) is 6.87. The predicted molar refractivity (Wildman–Crippen MR) is 80.3 cm³/mol. The van der Waals surface area contributed by atoms with Crippen LogP contribution in [0.2, 0.25) is 0 Å². The number of hydrogen-bond donors (Lipinski definition) is 0. The average molecular weight is 301 g/mol. The summed E-state index contributed by atoms with van der Waals surface area (Å²) in [6, 6.07) is 0. The normalized spacial score (nSPS) is 15.4. The molecule has 0 aliphatic rings. The van der Waals surface area contributed by atoms with Crippen LogP contribution in [0.5, 0.6) is 0 Å². The second kappa shape index (κ2) is 7.25. The van der Waals surface area contributed by atoms with Crippen molar-refractivity contribution in [3.63, 3.8) is 0 Å². The third kappa shape index (κ3) is 8.05. The summed E-state index contributed by atoms with van der Waals surface area (Å²) < 4.78 is 5.63. The van der Waals surface area contributed by atoms with Crippen molar-refractivity contribution in [3.8, 4) is 0 Å². The molecular weight excluding hydrogens is 270 g/mol. The molecule has 0 aromatic heterocycles. The molecule has 5 nitrogen and oxygen atoms in total. The molecule has 0 rings (SSSR count). The molecule has 1 unspecified atom stereocenters. The second-order valence-electron chi connectivity index (χ2n) is 7.98. The summed E-state index contributed by atoms with van der Waals surface area (Å²) in [5, 5.41) is 10.6. The highest BCUT2D eigenvalue weighted by Gasteiger charge is 2.37. The maximum absolute atomic E-state index is 12.3. The molecule has 21 heavy (non-hydrogen) atoms. The van der Waals surface area contributed by atoms with Crippen LogP contribution in [0.3, 0.4) is 0 Å². The zero-order valence-corrected chi connectivity index (χ0v) is 14.6. The molecule has 0 saturated carbocycles. The van der Waals surface area contributed by atoms with E-state index in [4.69, 9.17) is 4.74 Å². The lowest BCUT2D eigenvalue weighted by Gasteiger charge is -2.34. The van der Waals surface area contributed by atoms with E-state index in [9.17, 15) is 14.7 Å². The van der Waals surface area contributed by atoms with Crippen molar-refractivity contribution in [1.29, 1.82) is 0 Å². The molecule has 0 bridgehead atoms. The van der Waals surface area contributed by atoms with E-state index in [0.29, 0.717) is 6.54 Å². The van der Waals surface area contributed by atoms with Gasteiger partial charge in [0.2, 0.25) is 0 Å². The van der Waals surface area contributed by atoms with Gasteiger partial charge in [0.15, 0.2) is 0 Å². The third-order valence-corrected chi connectivity index (χ3v) is 3.68. The first-order chi connectivity index (χ1) is 9.31. The van der Waals surface area contributed by atoms with E-state index in [0.717, 1.165) is 12.8 Å². The lowest BCUT2D eigenvalue weighted by Crippen LogP contribution is -2.50. The Labute approximate surface area is 128 Å². The molecule has 0 amide bonds. The molecule has 124 valence electrons. The predicted octanol–water partition coefficient (Wildman–Crippen LogP) is 1.21. The molecule has 0 spiro atoms. The molecule has 0 N–H and O–H groups in total. The minimum Gasteiger partial charge on any atom is -0.544 e. The van der Waals surface area contributed by atoms with Crippen LogP contribution in [0, 0.1) is 10.8 Å². The van der Waals surface area contributed by atoms with Gasteiger partial charge in [0.25, 0.3) is 0 Å². The fraction of sp³-hybridized carbons (Fsp3) is 0.875.